The Morgan fingerprint density at radius 3 is 2.47 bits per heavy atom. The van der Waals surface area contributed by atoms with Crippen molar-refractivity contribution in [1.82, 2.24) is 14.8 Å². The van der Waals surface area contributed by atoms with Gasteiger partial charge in [0.1, 0.15) is 12.4 Å². The minimum Gasteiger partial charge on any atom is -0.486 e. The second kappa shape index (κ2) is 10.5. The summed E-state index contributed by atoms with van der Waals surface area (Å²) in [5, 5.41) is 11.4. The number of rotatable bonds is 8. The van der Waals surface area contributed by atoms with Gasteiger partial charge in [-0.1, -0.05) is 35.0 Å². The van der Waals surface area contributed by atoms with E-state index in [1.54, 1.807) is 28.8 Å². The summed E-state index contributed by atoms with van der Waals surface area (Å²) in [4.78, 5) is 12.3. The molecule has 0 atom stereocenters. The van der Waals surface area contributed by atoms with E-state index < -0.39 is 17.6 Å². The first kappa shape index (κ1) is 24.2. The molecule has 0 fully saturated rings. The molecule has 1 N–H and O–H groups in total. The summed E-state index contributed by atoms with van der Waals surface area (Å²) in [7, 11) is 0. The lowest BCUT2D eigenvalue weighted by molar-refractivity contribution is -0.137. The van der Waals surface area contributed by atoms with Gasteiger partial charge < -0.3 is 14.6 Å². The predicted molar refractivity (Wildman–Crippen MR) is 117 cm³/mol. The zero-order valence-corrected chi connectivity index (χ0v) is 18.9. The molecule has 170 valence electrons. The van der Waals surface area contributed by atoms with E-state index in [0.717, 1.165) is 23.9 Å². The van der Waals surface area contributed by atoms with Crippen molar-refractivity contribution in [1.29, 1.82) is 0 Å². The van der Waals surface area contributed by atoms with Gasteiger partial charge in [-0.2, -0.15) is 13.2 Å². The Hall–Kier alpha value is -2.43. The Labute approximate surface area is 196 Å². The number of halogens is 5. The molecule has 0 unspecified atom stereocenters. The maximum Gasteiger partial charge on any atom is 0.418 e. The van der Waals surface area contributed by atoms with Gasteiger partial charge in [0.2, 0.25) is 5.91 Å². The van der Waals surface area contributed by atoms with Crippen molar-refractivity contribution in [3.63, 3.8) is 0 Å². The standard InChI is InChI=1S/C20H17Cl2F3N4O2S/c1-2-29-17(10-31-14-6-3-12(21)4-7-14)27-28-19(29)32-11-18(30)26-16-8-5-13(22)9-15(16)20(23,24)25/h3-9H,2,10-11H2,1H3,(H,26,30). The van der Waals surface area contributed by atoms with E-state index in [1.165, 1.54) is 6.07 Å². The SMILES string of the molecule is CCn1c(COc2ccc(Cl)cc2)nnc1SCC(=O)Nc1ccc(Cl)cc1C(F)(F)F. The van der Waals surface area contributed by atoms with E-state index in [1.807, 2.05) is 6.92 Å². The Balaban J connectivity index is 1.62. The summed E-state index contributed by atoms with van der Waals surface area (Å²) in [6, 6.07) is 10.0. The molecule has 0 aliphatic heterocycles. The van der Waals surface area contributed by atoms with Crippen LogP contribution in [-0.2, 0) is 24.1 Å². The van der Waals surface area contributed by atoms with Crippen molar-refractivity contribution in [3.05, 3.63) is 63.9 Å². The largest absolute Gasteiger partial charge is 0.486 e. The third-order valence-corrected chi connectivity index (χ3v) is 5.64. The molecule has 12 heteroatoms. The van der Waals surface area contributed by atoms with Crippen molar-refractivity contribution in [2.75, 3.05) is 11.1 Å². The molecule has 0 saturated heterocycles. The van der Waals surface area contributed by atoms with Gasteiger partial charge in [0.15, 0.2) is 11.0 Å². The van der Waals surface area contributed by atoms with Gasteiger partial charge in [0, 0.05) is 16.6 Å². The van der Waals surface area contributed by atoms with Gasteiger partial charge in [-0.05, 0) is 49.4 Å². The van der Waals surface area contributed by atoms with Crippen LogP contribution in [-0.4, -0.2) is 26.4 Å². The van der Waals surface area contributed by atoms with E-state index >= 15 is 0 Å². The van der Waals surface area contributed by atoms with E-state index in [0.29, 0.717) is 28.3 Å². The number of aromatic nitrogens is 3. The average molecular weight is 505 g/mol. The molecule has 3 aromatic rings. The van der Waals surface area contributed by atoms with E-state index in [4.69, 9.17) is 27.9 Å². The normalized spacial score (nSPS) is 11.4. The van der Waals surface area contributed by atoms with Crippen molar-refractivity contribution < 1.29 is 22.7 Å². The number of nitrogens with zero attached hydrogens (tertiary/aromatic N) is 3. The Morgan fingerprint density at radius 2 is 1.81 bits per heavy atom. The highest BCUT2D eigenvalue weighted by Crippen LogP contribution is 2.36. The zero-order chi connectivity index (χ0) is 23.3. The number of hydrogen-bond donors (Lipinski definition) is 1. The summed E-state index contributed by atoms with van der Waals surface area (Å²) < 4.78 is 47.0. The molecule has 1 aromatic heterocycles. The Bertz CT molecular complexity index is 1090. The number of benzene rings is 2. The molecular weight excluding hydrogens is 488 g/mol. The van der Waals surface area contributed by atoms with E-state index in [2.05, 4.69) is 15.5 Å². The lowest BCUT2D eigenvalue weighted by Crippen LogP contribution is -2.18. The third kappa shape index (κ3) is 6.30. The van der Waals surface area contributed by atoms with Crippen LogP contribution >= 0.6 is 35.0 Å². The summed E-state index contributed by atoms with van der Waals surface area (Å²) >= 11 is 12.6. The lowest BCUT2D eigenvalue weighted by atomic mass is 10.1. The minimum atomic E-state index is -4.65. The average Bonchev–Trinajstić information content (AvgIpc) is 3.14. The van der Waals surface area contributed by atoms with Crippen LogP contribution in [0.4, 0.5) is 18.9 Å². The van der Waals surface area contributed by atoms with Gasteiger partial charge >= 0.3 is 6.18 Å². The fraction of sp³-hybridized carbons (Fsp3) is 0.250. The molecule has 32 heavy (non-hydrogen) atoms. The second-order valence-corrected chi connectivity index (χ2v) is 8.23. The molecule has 1 amide bonds. The van der Waals surface area contributed by atoms with Gasteiger partial charge in [-0.3, -0.25) is 4.79 Å². The van der Waals surface area contributed by atoms with Crippen LogP contribution in [0.2, 0.25) is 10.0 Å². The fourth-order valence-corrected chi connectivity index (χ4v) is 3.82. The first-order valence-corrected chi connectivity index (χ1v) is 11.0. The maximum absolute atomic E-state index is 13.2. The summed E-state index contributed by atoms with van der Waals surface area (Å²) in [5.41, 5.74) is -1.37. The van der Waals surface area contributed by atoms with E-state index in [9.17, 15) is 18.0 Å². The van der Waals surface area contributed by atoms with Crippen LogP contribution in [0.3, 0.4) is 0 Å². The Morgan fingerprint density at radius 1 is 1.12 bits per heavy atom. The molecule has 0 saturated carbocycles. The van der Waals surface area contributed by atoms with Gasteiger partial charge in [0.05, 0.1) is 17.0 Å². The molecule has 0 radical (unpaired) electrons. The first-order chi connectivity index (χ1) is 15.2. The molecule has 1 heterocycles. The van der Waals surface area contributed by atoms with Crippen LogP contribution < -0.4 is 10.1 Å². The quantitative estimate of drug-likeness (QED) is 0.384. The highest BCUT2D eigenvalue weighted by Gasteiger charge is 2.34. The Kier molecular flexibility index (Phi) is 7.91. The van der Waals surface area contributed by atoms with Crippen molar-refractivity contribution >= 4 is 46.6 Å². The molecular formula is C20H17Cl2F3N4O2S. The number of anilines is 1. The highest BCUT2D eigenvalue weighted by molar-refractivity contribution is 7.99. The molecule has 0 aliphatic rings. The summed E-state index contributed by atoms with van der Waals surface area (Å²) in [6.45, 7) is 2.54. The van der Waals surface area contributed by atoms with Crippen molar-refractivity contribution in [2.45, 2.75) is 31.4 Å². The molecule has 0 bridgehead atoms. The van der Waals surface area contributed by atoms with Crippen molar-refractivity contribution in [3.8, 4) is 5.75 Å². The van der Waals surface area contributed by atoms with Crippen LogP contribution in [0.15, 0.2) is 47.6 Å². The smallest absolute Gasteiger partial charge is 0.418 e. The molecule has 3 rings (SSSR count). The van der Waals surface area contributed by atoms with Crippen LogP contribution in [0.1, 0.15) is 18.3 Å². The molecule has 0 spiro atoms. The number of nitrogens with one attached hydrogen (secondary N) is 1. The first-order valence-electron chi connectivity index (χ1n) is 9.27. The highest BCUT2D eigenvalue weighted by atomic mass is 35.5. The number of hydrogen-bond acceptors (Lipinski definition) is 5. The number of carbonyl (C=O) groups is 1. The number of thioether (sulfide) groups is 1. The van der Waals surface area contributed by atoms with Crippen LogP contribution in [0.5, 0.6) is 5.75 Å². The summed E-state index contributed by atoms with van der Waals surface area (Å²) in [6.07, 6.45) is -4.65. The number of ether oxygens (including phenoxy) is 1. The number of carbonyl (C=O) groups excluding carboxylic acids is 1. The molecule has 6 nitrogen and oxygen atoms in total. The van der Waals surface area contributed by atoms with Crippen LogP contribution in [0.25, 0.3) is 0 Å². The fourth-order valence-electron chi connectivity index (χ4n) is 2.71. The monoisotopic (exact) mass is 504 g/mol. The van der Waals surface area contributed by atoms with Crippen LogP contribution in [0, 0.1) is 0 Å². The van der Waals surface area contributed by atoms with Gasteiger partial charge in [-0.15, -0.1) is 10.2 Å². The lowest BCUT2D eigenvalue weighted by Gasteiger charge is -2.14. The van der Waals surface area contributed by atoms with Crippen molar-refractivity contribution in [2.24, 2.45) is 0 Å². The molecule has 2 aromatic carbocycles. The molecule has 0 aliphatic carbocycles. The third-order valence-electron chi connectivity index (χ3n) is 4.18. The second-order valence-electron chi connectivity index (χ2n) is 6.41. The predicted octanol–water partition coefficient (Wildman–Crippen LogP) is 5.93. The van der Waals surface area contributed by atoms with Gasteiger partial charge in [-0.25, -0.2) is 0 Å². The number of amides is 1. The number of alkyl halides is 3. The minimum absolute atomic E-state index is 0.0749. The van der Waals surface area contributed by atoms with E-state index in [-0.39, 0.29) is 23.1 Å². The maximum atomic E-state index is 13.2. The summed E-state index contributed by atoms with van der Waals surface area (Å²) in [5.74, 6) is 0.378. The topological polar surface area (TPSA) is 69.0 Å². The zero-order valence-electron chi connectivity index (χ0n) is 16.6. The van der Waals surface area contributed by atoms with Gasteiger partial charge in [0.25, 0.3) is 0 Å².